The van der Waals surface area contributed by atoms with E-state index in [1.165, 1.54) is 13.3 Å². The van der Waals surface area contributed by atoms with Crippen molar-refractivity contribution in [1.29, 1.82) is 0 Å². The summed E-state index contributed by atoms with van der Waals surface area (Å²) >= 11 is 0. The van der Waals surface area contributed by atoms with Crippen LogP contribution in [0.15, 0.2) is 36.9 Å². The molecule has 0 radical (unpaired) electrons. The van der Waals surface area contributed by atoms with Gasteiger partial charge in [-0.15, -0.1) is 15.3 Å². The van der Waals surface area contributed by atoms with Crippen LogP contribution in [-0.2, 0) is 13.0 Å². The topological polar surface area (TPSA) is 110 Å². The molecule has 1 N–H and O–H groups in total. The minimum atomic E-state index is -0.249. The van der Waals surface area contributed by atoms with Crippen molar-refractivity contribution in [3.8, 4) is 5.88 Å². The summed E-state index contributed by atoms with van der Waals surface area (Å²) in [5, 5.41) is 15.7. The second-order valence-electron chi connectivity index (χ2n) is 7.72. The third-order valence-electron chi connectivity index (χ3n) is 5.77. The molecule has 0 aromatic carbocycles. The van der Waals surface area contributed by atoms with Gasteiger partial charge in [-0.1, -0.05) is 0 Å². The van der Waals surface area contributed by atoms with Crippen molar-refractivity contribution in [1.82, 2.24) is 29.8 Å². The molecule has 0 bridgehead atoms. The fourth-order valence-corrected chi connectivity index (χ4v) is 3.88. The lowest BCUT2D eigenvalue weighted by atomic mass is 10.0. The summed E-state index contributed by atoms with van der Waals surface area (Å²) in [6, 6.07) is 5.30. The molecule has 10 heteroatoms. The van der Waals surface area contributed by atoms with Gasteiger partial charge in [-0.3, -0.25) is 9.78 Å². The average molecular weight is 430 g/mol. The van der Waals surface area contributed by atoms with Gasteiger partial charge in [0.05, 0.1) is 24.6 Å². The van der Waals surface area contributed by atoms with Gasteiger partial charge in [-0.25, -0.2) is 4.98 Å². The molecule has 4 aromatic heterocycles. The number of fused-ring (bicyclic) bond motifs is 2. The largest absolute Gasteiger partial charge is 0.481 e. The summed E-state index contributed by atoms with van der Waals surface area (Å²) in [5.41, 5.74) is 6.09. The van der Waals surface area contributed by atoms with E-state index in [0.29, 0.717) is 23.7 Å². The maximum absolute atomic E-state index is 12.6. The Bertz CT molecular complexity index is 1320. The smallest absolute Gasteiger partial charge is 0.257 e. The van der Waals surface area contributed by atoms with Crippen LogP contribution < -0.4 is 15.0 Å². The van der Waals surface area contributed by atoms with E-state index in [1.54, 1.807) is 29.2 Å². The van der Waals surface area contributed by atoms with Gasteiger partial charge in [0.1, 0.15) is 6.33 Å². The lowest BCUT2D eigenvalue weighted by Gasteiger charge is -2.30. The molecule has 0 aliphatic carbocycles. The van der Waals surface area contributed by atoms with Gasteiger partial charge in [0.25, 0.3) is 5.91 Å². The van der Waals surface area contributed by atoms with E-state index in [-0.39, 0.29) is 5.91 Å². The van der Waals surface area contributed by atoms with Crippen LogP contribution in [0.5, 0.6) is 5.88 Å². The molecular formula is C22H22N8O2. The zero-order valence-electron chi connectivity index (χ0n) is 18.0. The molecule has 10 nitrogen and oxygen atoms in total. The van der Waals surface area contributed by atoms with Gasteiger partial charge in [0, 0.05) is 48.6 Å². The minimum Gasteiger partial charge on any atom is -0.481 e. The van der Waals surface area contributed by atoms with Crippen molar-refractivity contribution in [3.63, 3.8) is 0 Å². The molecule has 0 spiro atoms. The minimum absolute atomic E-state index is 0.249. The lowest BCUT2D eigenvalue weighted by Crippen LogP contribution is -2.33. The van der Waals surface area contributed by atoms with Crippen molar-refractivity contribution >= 4 is 23.1 Å². The normalized spacial score (nSPS) is 13.2. The van der Waals surface area contributed by atoms with Crippen LogP contribution in [0.1, 0.15) is 32.7 Å². The fraction of sp³-hybridized carbons (Fsp3) is 0.273. The maximum atomic E-state index is 12.6. The van der Waals surface area contributed by atoms with Crippen LogP contribution in [0.2, 0.25) is 0 Å². The van der Waals surface area contributed by atoms with Crippen LogP contribution in [0.4, 0.5) is 11.5 Å². The van der Waals surface area contributed by atoms with Gasteiger partial charge < -0.3 is 15.0 Å². The van der Waals surface area contributed by atoms with Crippen LogP contribution in [0.3, 0.4) is 0 Å². The predicted octanol–water partition coefficient (Wildman–Crippen LogP) is 2.35. The van der Waals surface area contributed by atoms with Crippen molar-refractivity contribution in [2.75, 3.05) is 23.9 Å². The molecule has 0 unspecified atom stereocenters. The highest BCUT2D eigenvalue weighted by Crippen LogP contribution is 2.28. The summed E-state index contributed by atoms with van der Waals surface area (Å²) < 4.78 is 6.75. The third-order valence-corrected chi connectivity index (χ3v) is 5.77. The number of pyridine rings is 2. The van der Waals surface area contributed by atoms with Crippen LogP contribution in [0.25, 0.3) is 5.65 Å². The number of hydrogen-bond acceptors (Lipinski definition) is 8. The van der Waals surface area contributed by atoms with Crippen molar-refractivity contribution in [2.24, 2.45) is 0 Å². The second kappa shape index (κ2) is 7.88. The van der Waals surface area contributed by atoms with E-state index in [9.17, 15) is 4.79 Å². The Morgan fingerprint density at radius 2 is 2.03 bits per heavy atom. The molecule has 0 saturated heterocycles. The Morgan fingerprint density at radius 3 is 2.81 bits per heavy atom. The number of aromatic nitrogens is 6. The number of methoxy groups -OCH3 is 1. The number of anilines is 2. The lowest BCUT2D eigenvalue weighted by molar-refractivity contribution is 0.102. The first-order valence-corrected chi connectivity index (χ1v) is 10.2. The zero-order valence-corrected chi connectivity index (χ0v) is 18.0. The number of hydrogen-bond donors (Lipinski definition) is 1. The fourth-order valence-electron chi connectivity index (χ4n) is 3.88. The summed E-state index contributed by atoms with van der Waals surface area (Å²) in [4.78, 5) is 23.5. The van der Waals surface area contributed by atoms with Crippen molar-refractivity contribution in [3.05, 3.63) is 64.9 Å². The Morgan fingerprint density at radius 1 is 1.16 bits per heavy atom. The molecule has 1 aliphatic heterocycles. The highest BCUT2D eigenvalue weighted by atomic mass is 16.5. The van der Waals surface area contributed by atoms with Crippen molar-refractivity contribution in [2.45, 2.75) is 26.8 Å². The molecule has 4 aromatic rings. The van der Waals surface area contributed by atoms with E-state index < -0.39 is 0 Å². The van der Waals surface area contributed by atoms with E-state index in [0.717, 1.165) is 46.8 Å². The van der Waals surface area contributed by atoms with E-state index >= 15 is 0 Å². The zero-order chi connectivity index (χ0) is 22.2. The molecule has 5 rings (SSSR count). The number of ether oxygens (including phenoxy) is 1. The quantitative estimate of drug-likeness (QED) is 0.525. The number of amides is 1. The highest BCUT2D eigenvalue weighted by molar-refractivity contribution is 6.04. The van der Waals surface area contributed by atoms with E-state index in [1.807, 2.05) is 13.0 Å². The first-order chi connectivity index (χ1) is 15.5. The standard InChI is InChI=1S/C22H22N8O2/c1-13-14(2)21(28-30-12-25-27-20(13)30)29-7-6-18-16(11-29)8-17(10-23-18)26-22(31)15-4-5-19(32-3)24-9-15/h4-5,8-10,12H,6-7,11H2,1-3H3,(H,26,31). The Hall–Kier alpha value is -4.08. The first-order valence-electron chi connectivity index (χ1n) is 10.2. The molecule has 0 fully saturated rings. The monoisotopic (exact) mass is 430 g/mol. The number of nitrogens with zero attached hydrogens (tertiary/aromatic N) is 7. The molecule has 1 amide bonds. The molecule has 5 heterocycles. The van der Waals surface area contributed by atoms with Crippen LogP contribution in [-0.4, -0.2) is 49.3 Å². The second-order valence-corrected chi connectivity index (χ2v) is 7.72. The SMILES string of the molecule is COc1ccc(C(=O)Nc2cnc3c(c2)CN(c2nn4cnnc4c(C)c2C)CC3)cn1. The number of aryl methyl sites for hydroxylation is 1. The van der Waals surface area contributed by atoms with Crippen molar-refractivity contribution < 1.29 is 9.53 Å². The van der Waals surface area contributed by atoms with Gasteiger partial charge >= 0.3 is 0 Å². The summed E-state index contributed by atoms with van der Waals surface area (Å²) in [6.45, 7) is 5.55. The Balaban J connectivity index is 1.38. The molecule has 0 atom stereocenters. The highest BCUT2D eigenvalue weighted by Gasteiger charge is 2.23. The van der Waals surface area contributed by atoms with Gasteiger partial charge in [0.15, 0.2) is 11.5 Å². The molecule has 1 aliphatic rings. The summed E-state index contributed by atoms with van der Waals surface area (Å²) in [6.07, 6.45) is 5.60. The van der Waals surface area contributed by atoms with Crippen LogP contribution >= 0.6 is 0 Å². The molecule has 0 saturated carbocycles. The Kier molecular flexibility index (Phi) is 4.89. The van der Waals surface area contributed by atoms with Gasteiger partial charge in [0.2, 0.25) is 5.88 Å². The Labute approximate surface area is 184 Å². The first kappa shape index (κ1) is 19.9. The number of carbonyl (C=O) groups excluding carboxylic acids is 1. The summed E-state index contributed by atoms with van der Waals surface area (Å²) in [5.74, 6) is 1.11. The maximum Gasteiger partial charge on any atom is 0.257 e. The average Bonchev–Trinajstić information content (AvgIpc) is 3.30. The third kappa shape index (κ3) is 3.49. The predicted molar refractivity (Wildman–Crippen MR) is 118 cm³/mol. The molecular weight excluding hydrogens is 408 g/mol. The summed E-state index contributed by atoms with van der Waals surface area (Å²) in [7, 11) is 1.53. The van der Waals surface area contributed by atoms with E-state index in [4.69, 9.17) is 9.84 Å². The molecule has 162 valence electrons. The van der Waals surface area contributed by atoms with Gasteiger partial charge in [-0.2, -0.15) is 4.52 Å². The number of carbonyl (C=O) groups is 1. The van der Waals surface area contributed by atoms with Crippen LogP contribution in [0, 0.1) is 13.8 Å². The molecule has 32 heavy (non-hydrogen) atoms. The van der Waals surface area contributed by atoms with E-state index in [2.05, 4.69) is 37.3 Å². The number of rotatable bonds is 4. The number of nitrogens with one attached hydrogen (secondary N) is 1. The van der Waals surface area contributed by atoms with Gasteiger partial charge in [-0.05, 0) is 31.5 Å².